The van der Waals surface area contributed by atoms with E-state index in [1.807, 2.05) is 87.2 Å². The molecule has 5 rings (SSSR count). The van der Waals surface area contributed by atoms with E-state index in [9.17, 15) is 19.5 Å². The molecule has 222 valence electrons. The third-order valence-corrected chi connectivity index (χ3v) is 9.76. The van der Waals surface area contributed by atoms with Crippen LogP contribution in [0.3, 0.4) is 0 Å². The summed E-state index contributed by atoms with van der Waals surface area (Å²) in [7, 11) is 0. The summed E-state index contributed by atoms with van der Waals surface area (Å²) < 4.78 is 7.07. The second-order valence-corrected chi connectivity index (χ2v) is 12.5. The first-order chi connectivity index (χ1) is 19.7. The van der Waals surface area contributed by atoms with Crippen LogP contribution in [-0.2, 0) is 25.7 Å². The fourth-order valence-corrected chi connectivity index (χ4v) is 7.66. The first-order valence-corrected chi connectivity index (χ1v) is 15.3. The molecule has 1 spiro atoms. The fraction of sp³-hybridized carbons (Fsp3) is 0.606. The molecule has 4 aliphatic rings. The molecule has 7 atom stereocenters. The van der Waals surface area contributed by atoms with E-state index in [1.165, 1.54) is 0 Å². The minimum Gasteiger partial charge on any atom is -0.394 e. The van der Waals surface area contributed by atoms with E-state index in [4.69, 9.17) is 4.74 Å². The van der Waals surface area contributed by atoms with Gasteiger partial charge in [-0.25, -0.2) is 0 Å². The maximum Gasteiger partial charge on any atom is 0.249 e. The Hall–Kier alpha value is -2.97. The van der Waals surface area contributed by atoms with Crippen molar-refractivity contribution in [3.05, 3.63) is 60.2 Å². The molecule has 1 aromatic carbocycles. The van der Waals surface area contributed by atoms with Crippen molar-refractivity contribution < 1.29 is 24.2 Å². The first-order valence-electron chi connectivity index (χ1n) is 15.3. The third kappa shape index (κ3) is 4.63. The van der Waals surface area contributed by atoms with Gasteiger partial charge in [0.1, 0.15) is 11.6 Å². The molecule has 8 heteroatoms. The number of hydrogen-bond donors (Lipinski definition) is 1. The van der Waals surface area contributed by atoms with Gasteiger partial charge in [-0.2, -0.15) is 0 Å². The highest BCUT2D eigenvalue weighted by Crippen LogP contribution is 2.59. The standard InChI is InChI=1S/C33H45N3O5/c1-6-13-23(5)35-19-12-17-33-27(30(39)36(28(33)31(35)40)25(21-37)22(3)4)26-29(38)34(20-24-14-9-8-10-15-24)18-11-16-32(26,7-2)41-33/h8-12,14-17,22-23,25-28,37H,6-7,13,18-21H2,1-5H3/t23?,25-,26-,27-,28?,32+,33-/m0/s1. The lowest BCUT2D eigenvalue weighted by atomic mass is 9.73. The van der Waals surface area contributed by atoms with Crippen molar-refractivity contribution in [2.75, 3.05) is 19.7 Å². The van der Waals surface area contributed by atoms with E-state index in [-0.39, 0.29) is 36.3 Å². The Balaban J connectivity index is 1.64. The van der Waals surface area contributed by atoms with E-state index >= 15 is 0 Å². The molecule has 0 saturated carbocycles. The zero-order chi connectivity index (χ0) is 29.5. The summed E-state index contributed by atoms with van der Waals surface area (Å²) in [5.41, 5.74) is -1.32. The molecule has 4 heterocycles. The SMILES string of the molecule is CCCC(C)N1CC=C[C@]23O[C@]4(CC)C=CCN(Cc5ccccc5)C(=O)[C@@H]4[C@H]2C(=O)N([C@@H](CO)C(C)C)C3C1=O. The summed E-state index contributed by atoms with van der Waals surface area (Å²) in [6.07, 6.45) is 10.0. The van der Waals surface area contributed by atoms with E-state index in [0.717, 1.165) is 18.4 Å². The average molecular weight is 564 g/mol. The molecule has 0 aromatic heterocycles. The number of ether oxygens (including phenoxy) is 1. The lowest BCUT2D eigenvalue weighted by Crippen LogP contribution is -2.60. The number of carbonyl (C=O) groups is 3. The zero-order valence-corrected chi connectivity index (χ0v) is 25.0. The molecular weight excluding hydrogens is 518 g/mol. The minimum atomic E-state index is -1.31. The monoisotopic (exact) mass is 563 g/mol. The van der Waals surface area contributed by atoms with Gasteiger partial charge in [-0.3, -0.25) is 14.4 Å². The van der Waals surface area contributed by atoms with Gasteiger partial charge in [0.2, 0.25) is 17.7 Å². The summed E-state index contributed by atoms with van der Waals surface area (Å²) in [6, 6.07) is 8.28. The number of aliphatic hydroxyl groups excluding tert-OH is 1. The van der Waals surface area contributed by atoms with Gasteiger partial charge in [0.15, 0.2) is 0 Å². The number of amides is 3. The number of rotatable bonds is 9. The van der Waals surface area contributed by atoms with E-state index in [0.29, 0.717) is 26.1 Å². The van der Waals surface area contributed by atoms with E-state index in [2.05, 4.69) is 6.92 Å². The maximum absolute atomic E-state index is 14.7. The molecule has 2 fully saturated rings. The summed E-state index contributed by atoms with van der Waals surface area (Å²) in [6.45, 7) is 11.0. The van der Waals surface area contributed by atoms with Gasteiger partial charge >= 0.3 is 0 Å². The topological polar surface area (TPSA) is 90.4 Å². The van der Waals surface area contributed by atoms with Crippen molar-refractivity contribution in [1.29, 1.82) is 0 Å². The molecule has 2 unspecified atom stereocenters. The number of benzene rings is 1. The van der Waals surface area contributed by atoms with Gasteiger partial charge in [-0.1, -0.05) is 88.8 Å². The average Bonchev–Trinajstić information content (AvgIpc) is 3.24. The number of nitrogens with zero attached hydrogens (tertiary/aromatic N) is 3. The quantitative estimate of drug-likeness (QED) is 0.464. The van der Waals surface area contributed by atoms with Gasteiger partial charge in [0, 0.05) is 25.7 Å². The van der Waals surface area contributed by atoms with Crippen LogP contribution in [0.1, 0.15) is 59.4 Å². The molecule has 0 radical (unpaired) electrons. The molecule has 0 bridgehead atoms. The second-order valence-electron chi connectivity index (χ2n) is 12.5. The summed E-state index contributed by atoms with van der Waals surface area (Å²) in [4.78, 5) is 49.0. The van der Waals surface area contributed by atoms with Crippen LogP contribution in [0.5, 0.6) is 0 Å². The second kappa shape index (κ2) is 11.4. The van der Waals surface area contributed by atoms with Gasteiger partial charge in [-0.05, 0) is 31.2 Å². The van der Waals surface area contributed by atoms with Gasteiger partial charge < -0.3 is 24.5 Å². The van der Waals surface area contributed by atoms with Crippen LogP contribution in [0.25, 0.3) is 0 Å². The Bertz CT molecular complexity index is 1210. The highest BCUT2D eigenvalue weighted by Gasteiger charge is 2.76. The van der Waals surface area contributed by atoms with Crippen LogP contribution in [0.15, 0.2) is 54.6 Å². The maximum atomic E-state index is 14.7. The first kappa shape index (κ1) is 29.5. The smallest absolute Gasteiger partial charge is 0.249 e. The third-order valence-electron chi connectivity index (χ3n) is 9.76. The minimum absolute atomic E-state index is 0.0233. The van der Waals surface area contributed by atoms with Crippen molar-refractivity contribution in [2.45, 2.75) is 89.8 Å². The lowest BCUT2D eigenvalue weighted by molar-refractivity contribution is -0.159. The predicted octanol–water partition coefficient (Wildman–Crippen LogP) is 3.55. The number of fused-ring (bicyclic) bond motifs is 2. The lowest BCUT2D eigenvalue weighted by Gasteiger charge is -2.42. The van der Waals surface area contributed by atoms with Gasteiger partial charge in [0.05, 0.1) is 30.1 Å². The molecule has 1 aromatic rings. The van der Waals surface area contributed by atoms with Crippen LogP contribution in [0.4, 0.5) is 0 Å². The largest absolute Gasteiger partial charge is 0.394 e. The molecule has 4 aliphatic heterocycles. The molecule has 0 aliphatic carbocycles. The van der Waals surface area contributed by atoms with Crippen molar-refractivity contribution in [1.82, 2.24) is 14.7 Å². The number of likely N-dealkylation sites (tertiary alicyclic amines) is 1. The Morgan fingerprint density at radius 1 is 0.951 bits per heavy atom. The van der Waals surface area contributed by atoms with Crippen LogP contribution in [0.2, 0.25) is 0 Å². The van der Waals surface area contributed by atoms with E-state index < -0.39 is 35.1 Å². The number of carbonyl (C=O) groups excluding carboxylic acids is 3. The molecule has 8 nitrogen and oxygen atoms in total. The number of aliphatic hydroxyl groups is 1. The molecule has 2 saturated heterocycles. The Kier molecular flexibility index (Phi) is 8.18. The normalized spacial score (nSPS) is 32.6. The van der Waals surface area contributed by atoms with Crippen LogP contribution < -0.4 is 0 Å². The summed E-state index contributed by atoms with van der Waals surface area (Å²) >= 11 is 0. The molecular formula is C33H45N3O5. The summed E-state index contributed by atoms with van der Waals surface area (Å²) in [5, 5.41) is 10.5. The van der Waals surface area contributed by atoms with E-state index in [1.54, 1.807) is 9.80 Å². The Morgan fingerprint density at radius 2 is 1.66 bits per heavy atom. The van der Waals surface area contributed by atoms with Gasteiger partial charge in [0.25, 0.3) is 0 Å². The highest BCUT2D eigenvalue weighted by molar-refractivity contribution is 6.00. The van der Waals surface area contributed by atoms with Crippen LogP contribution in [0, 0.1) is 17.8 Å². The van der Waals surface area contributed by atoms with Crippen LogP contribution in [-0.4, -0.2) is 86.6 Å². The van der Waals surface area contributed by atoms with Crippen LogP contribution >= 0.6 is 0 Å². The highest BCUT2D eigenvalue weighted by atomic mass is 16.5. The molecule has 3 amide bonds. The predicted molar refractivity (Wildman–Crippen MR) is 156 cm³/mol. The molecule has 41 heavy (non-hydrogen) atoms. The summed E-state index contributed by atoms with van der Waals surface area (Å²) in [5.74, 6) is -2.37. The Labute approximate surface area is 244 Å². The van der Waals surface area contributed by atoms with Crippen molar-refractivity contribution in [2.24, 2.45) is 17.8 Å². The van der Waals surface area contributed by atoms with Gasteiger partial charge in [-0.15, -0.1) is 0 Å². The number of hydrogen-bond acceptors (Lipinski definition) is 5. The fourth-order valence-electron chi connectivity index (χ4n) is 7.66. The molecule has 1 N–H and O–H groups in total. The zero-order valence-electron chi connectivity index (χ0n) is 25.0. The Morgan fingerprint density at radius 3 is 2.29 bits per heavy atom. The van der Waals surface area contributed by atoms with Crippen molar-refractivity contribution in [3.63, 3.8) is 0 Å². The van der Waals surface area contributed by atoms with Crippen molar-refractivity contribution >= 4 is 17.7 Å². The van der Waals surface area contributed by atoms with Crippen molar-refractivity contribution in [3.8, 4) is 0 Å².